The summed E-state index contributed by atoms with van der Waals surface area (Å²) in [5, 5.41) is 18.1. The minimum atomic E-state index is -0.478. The monoisotopic (exact) mass is 269 g/mol. The average Bonchev–Trinajstić information content (AvgIpc) is 2.87. The molecule has 1 amide bonds. The number of piperidine rings is 1. The first-order chi connectivity index (χ1) is 8.66. The second-order valence-corrected chi connectivity index (χ2v) is 5.22. The first kappa shape index (κ1) is 13.0. The molecule has 2 heterocycles. The number of amides is 1. The van der Waals surface area contributed by atoms with Gasteiger partial charge in [-0.05, 0) is 31.8 Å². The minimum Gasteiger partial charge on any atom is -0.352 e. The highest BCUT2D eigenvalue weighted by atomic mass is 32.1. The highest BCUT2D eigenvalue weighted by molar-refractivity contribution is 7.13. The molecule has 0 saturated carbocycles. The van der Waals surface area contributed by atoms with E-state index in [0.29, 0.717) is 18.0 Å². The van der Waals surface area contributed by atoms with Crippen LogP contribution in [0.5, 0.6) is 0 Å². The molecule has 0 atom stereocenters. The van der Waals surface area contributed by atoms with Crippen LogP contribution in [0.1, 0.15) is 23.2 Å². The molecule has 2 N–H and O–H groups in total. The van der Waals surface area contributed by atoms with Crippen LogP contribution in [0.3, 0.4) is 0 Å². The average molecular weight is 269 g/mol. The van der Waals surface area contributed by atoms with Crippen LogP contribution in [0.15, 0.2) is 11.4 Å². The molecule has 1 aromatic rings. The van der Waals surface area contributed by atoms with Crippen LogP contribution in [0.4, 0.5) is 5.00 Å². The molecule has 1 saturated heterocycles. The van der Waals surface area contributed by atoms with Crippen LogP contribution in [0, 0.1) is 16.0 Å². The van der Waals surface area contributed by atoms with E-state index in [9.17, 15) is 14.9 Å². The Kier molecular flexibility index (Phi) is 4.27. The molecule has 6 nitrogen and oxygen atoms in total. The summed E-state index contributed by atoms with van der Waals surface area (Å²) in [7, 11) is 0. The number of rotatable bonds is 4. The van der Waals surface area contributed by atoms with Gasteiger partial charge in [-0.15, -0.1) is 0 Å². The Labute approximate surface area is 109 Å². The van der Waals surface area contributed by atoms with E-state index >= 15 is 0 Å². The van der Waals surface area contributed by atoms with Crippen molar-refractivity contribution in [3.8, 4) is 0 Å². The van der Waals surface area contributed by atoms with Gasteiger partial charge in [0, 0.05) is 18.0 Å². The molecule has 7 heteroatoms. The highest BCUT2D eigenvalue weighted by Gasteiger charge is 2.17. The second-order valence-electron chi connectivity index (χ2n) is 4.33. The predicted molar refractivity (Wildman–Crippen MR) is 68.9 cm³/mol. The van der Waals surface area contributed by atoms with Crippen LogP contribution in [0.25, 0.3) is 0 Å². The maximum Gasteiger partial charge on any atom is 0.324 e. The third-order valence-electron chi connectivity index (χ3n) is 3.04. The predicted octanol–water partition coefficient (Wildman–Crippen LogP) is 1.39. The Hall–Kier alpha value is -1.47. The second kappa shape index (κ2) is 5.92. The van der Waals surface area contributed by atoms with Gasteiger partial charge in [0.25, 0.3) is 5.91 Å². The molecule has 1 fully saturated rings. The summed E-state index contributed by atoms with van der Waals surface area (Å²) < 4.78 is 0. The van der Waals surface area contributed by atoms with Crippen molar-refractivity contribution >= 4 is 22.2 Å². The van der Waals surface area contributed by atoms with E-state index in [-0.39, 0.29) is 10.9 Å². The van der Waals surface area contributed by atoms with Crippen molar-refractivity contribution < 1.29 is 9.72 Å². The van der Waals surface area contributed by atoms with Crippen molar-refractivity contribution in [1.29, 1.82) is 0 Å². The summed E-state index contributed by atoms with van der Waals surface area (Å²) in [6.45, 7) is 2.62. The van der Waals surface area contributed by atoms with Gasteiger partial charge in [0.05, 0.1) is 10.5 Å². The quantitative estimate of drug-likeness (QED) is 0.639. The third-order valence-corrected chi connectivity index (χ3v) is 3.92. The SMILES string of the molecule is O=C(NCC1CCNCC1)c1csc([N+](=O)[O-])c1. The van der Waals surface area contributed by atoms with Gasteiger partial charge in [0.1, 0.15) is 0 Å². The molecule has 18 heavy (non-hydrogen) atoms. The van der Waals surface area contributed by atoms with Crippen molar-refractivity contribution in [3.63, 3.8) is 0 Å². The van der Waals surface area contributed by atoms with Crippen LogP contribution in [0.2, 0.25) is 0 Å². The summed E-state index contributed by atoms with van der Waals surface area (Å²) in [4.78, 5) is 21.8. The van der Waals surface area contributed by atoms with Gasteiger partial charge in [-0.2, -0.15) is 0 Å². The van der Waals surface area contributed by atoms with E-state index in [1.165, 1.54) is 11.4 Å². The Morgan fingerprint density at radius 3 is 2.89 bits per heavy atom. The van der Waals surface area contributed by atoms with Crippen LogP contribution in [-0.2, 0) is 0 Å². The zero-order valence-corrected chi connectivity index (χ0v) is 10.7. The van der Waals surface area contributed by atoms with Crippen molar-refractivity contribution in [3.05, 3.63) is 27.1 Å². The molecular formula is C11H15N3O3S. The summed E-state index contributed by atoms with van der Waals surface area (Å²) in [5.74, 6) is 0.279. The van der Waals surface area contributed by atoms with Gasteiger partial charge in [-0.3, -0.25) is 14.9 Å². The molecule has 0 spiro atoms. The number of nitro groups is 1. The van der Waals surface area contributed by atoms with E-state index in [2.05, 4.69) is 10.6 Å². The highest BCUT2D eigenvalue weighted by Crippen LogP contribution is 2.22. The number of nitrogens with zero attached hydrogens (tertiary/aromatic N) is 1. The van der Waals surface area contributed by atoms with Gasteiger partial charge in [-0.25, -0.2) is 0 Å². The summed E-state index contributed by atoms with van der Waals surface area (Å²) in [6, 6.07) is 1.32. The molecule has 98 valence electrons. The lowest BCUT2D eigenvalue weighted by Gasteiger charge is -2.22. The number of hydrogen-bond donors (Lipinski definition) is 2. The number of nitrogens with one attached hydrogen (secondary N) is 2. The Bertz CT molecular complexity index is 440. The lowest BCUT2D eigenvalue weighted by Crippen LogP contribution is -2.35. The van der Waals surface area contributed by atoms with Gasteiger partial charge in [0.15, 0.2) is 0 Å². The molecule has 1 aliphatic rings. The van der Waals surface area contributed by atoms with Crippen molar-refractivity contribution in [2.75, 3.05) is 19.6 Å². The normalized spacial score (nSPS) is 16.4. The van der Waals surface area contributed by atoms with E-state index in [1.54, 1.807) is 0 Å². The molecule has 0 radical (unpaired) electrons. The molecule has 0 aliphatic carbocycles. The number of carbonyl (C=O) groups excluding carboxylic acids is 1. The lowest BCUT2D eigenvalue weighted by molar-refractivity contribution is -0.380. The third kappa shape index (κ3) is 3.27. The Balaban J connectivity index is 1.84. The van der Waals surface area contributed by atoms with Crippen LogP contribution >= 0.6 is 11.3 Å². The maximum absolute atomic E-state index is 11.8. The molecule has 1 aliphatic heterocycles. The molecule has 1 aromatic heterocycles. The number of hydrogen-bond acceptors (Lipinski definition) is 5. The van der Waals surface area contributed by atoms with Crippen molar-refractivity contribution in [2.24, 2.45) is 5.92 Å². The Morgan fingerprint density at radius 2 is 2.28 bits per heavy atom. The molecule has 0 unspecified atom stereocenters. The van der Waals surface area contributed by atoms with Crippen molar-refractivity contribution in [1.82, 2.24) is 10.6 Å². The smallest absolute Gasteiger partial charge is 0.324 e. The fraction of sp³-hybridized carbons (Fsp3) is 0.545. The fourth-order valence-electron chi connectivity index (χ4n) is 1.96. The van der Waals surface area contributed by atoms with E-state index in [1.807, 2.05) is 0 Å². The summed E-state index contributed by atoms with van der Waals surface area (Å²) in [5.41, 5.74) is 0.376. The summed E-state index contributed by atoms with van der Waals surface area (Å²) in [6.07, 6.45) is 2.12. The standard InChI is InChI=1S/C11H15N3O3S/c15-11(9-5-10(14(16)17)18-7-9)13-6-8-1-3-12-4-2-8/h5,7-8,12H,1-4,6H2,(H,13,15). The van der Waals surface area contributed by atoms with Crippen LogP contribution < -0.4 is 10.6 Å². The van der Waals surface area contributed by atoms with E-state index < -0.39 is 4.92 Å². The molecular weight excluding hydrogens is 254 g/mol. The first-order valence-electron chi connectivity index (χ1n) is 5.88. The zero-order chi connectivity index (χ0) is 13.0. The lowest BCUT2D eigenvalue weighted by atomic mass is 9.98. The fourth-order valence-corrected chi connectivity index (χ4v) is 2.67. The van der Waals surface area contributed by atoms with Gasteiger partial charge < -0.3 is 10.6 Å². The largest absolute Gasteiger partial charge is 0.352 e. The molecule has 0 bridgehead atoms. The Morgan fingerprint density at radius 1 is 1.56 bits per heavy atom. The van der Waals surface area contributed by atoms with Crippen LogP contribution in [-0.4, -0.2) is 30.5 Å². The maximum atomic E-state index is 11.8. The number of carbonyl (C=O) groups is 1. The van der Waals surface area contributed by atoms with Gasteiger partial charge in [0.2, 0.25) is 0 Å². The van der Waals surface area contributed by atoms with Gasteiger partial charge in [-0.1, -0.05) is 11.3 Å². The van der Waals surface area contributed by atoms with Crippen molar-refractivity contribution in [2.45, 2.75) is 12.8 Å². The minimum absolute atomic E-state index is 0.00187. The number of thiophene rings is 1. The first-order valence-corrected chi connectivity index (χ1v) is 6.76. The topological polar surface area (TPSA) is 84.3 Å². The zero-order valence-electron chi connectivity index (χ0n) is 9.85. The molecule has 2 rings (SSSR count). The van der Waals surface area contributed by atoms with Gasteiger partial charge >= 0.3 is 5.00 Å². The van der Waals surface area contributed by atoms with E-state index in [0.717, 1.165) is 37.3 Å². The molecule has 0 aromatic carbocycles. The summed E-state index contributed by atoms with van der Waals surface area (Å²) >= 11 is 0.978. The van der Waals surface area contributed by atoms with E-state index in [4.69, 9.17) is 0 Å².